The second-order valence-corrected chi connectivity index (χ2v) is 8.84. The molecule has 10 heteroatoms. The van der Waals surface area contributed by atoms with Crippen molar-refractivity contribution in [1.82, 2.24) is 19.7 Å². The highest BCUT2D eigenvalue weighted by molar-refractivity contribution is 8.01. The zero-order valence-corrected chi connectivity index (χ0v) is 17.1. The van der Waals surface area contributed by atoms with Gasteiger partial charge in [0.05, 0.1) is 24.3 Å². The molecule has 1 amide bonds. The maximum atomic E-state index is 12.2. The van der Waals surface area contributed by atoms with E-state index < -0.39 is 0 Å². The number of carbonyl (C=O) groups is 1. The molecule has 2 N–H and O–H groups in total. The van der Waals surface area contributed by atoms with E-state index >= 15 is 0 Å². The van der Waals surface area contributed by atoms with Gasteiger partial charge in [0.1, 0.15) is 0 Å². The smallest absolute Gasteiger partial charge is 0.236 e. The number of anilines is 1. The molecule has 0 saturated heterocycles. The third kappa shape index (κ3) is 5.55. The predicted molar refractivity (Wildman–Crippen MR) is 109 cm³/mol. The van der Waals surface area contributed by atoms with Crippen LogP contribution in [-0.2, 0) is 17.9 Å². The van der Waals surface area contributed by atoms with Crippen LogP contribution in [0, 0.1) is 0 Å². The fourth-order valence-electron chi connectivity index (χ4n) is 2.30. The molecule has 0 saturated carbocycles. The van der Waals surface area contributed by atoms with Crippen LogP contribution in [0.1, 0.15) is 18.2 Å². The first kappa shape index (κ1) is 19.9. The Kier molecular flexibility index (Phi) is 7.27. The molecule has 0 aliphatic heterocycles. The van der Waals surface area contributed by atoms with E-state index in [-0.39, 0.29) is 18.3 Å². The predicted octanol–water partition coefficient (Wildman–Crippen LogP) is 3.12. The van der Waals surface area contributed by atoms with E-state index in [1.807, 2.05) is 41.8 Å². The highest BCUT2D eigenvalue weighted by Crippen LogP contribution is 2.25. The summed E-state index contributed by atoms with van der Waals surface area (Å²) in [5.41, 5.74) is 1.82. The van der Waals surface area contributed by atoms with Crippen molar-refractivity contribution in [3.05, 3.63) is 47.8 Å². The van der Waals surface area contributed by atoms with Gasteiger partial charge in [-0.1, -0.05) is 72.1 Å². The van der Waals surface area contributed by atoms with Crippen LogP contribution < -0.4 is 5.32 Å². The largest absolute Gasteiger partial charge is 0.390 e. The molecule has 3 aromatic rings. The van der Waals surface area contributed by atoms with Crippen LogP contribution in [0.2, 0.25) is 0 Å². The van der Waals surface area contributed by atoms with Crippen LogP contribution in [-0.4, -0.2) is 42.3 Å². The summed E-state index contributed by atoms with van der Waals surface area (Å²) >= 11 is 4.29. The summed E-state index contributed by atoms with van der Waals surface area (Å²) in [6, 6.07) is 9.94. The molecule has 0 spiro atoms. The molecular weight excluding hydrogens is 402 g/mol. The van der Waals surface area contributed by atoms with Gasteiger partial charge in [0.25, 0.3) is 0 Å². The molecule has 0 aliphatic rings. The van der Waals surface area contributed by atoms with Crippen LogP contribution in [0.25, 0.3) is 0 Å². The summed E-state index contributed by atoms with van der Waals surface area (Å²) in [5, 5.41) is 21.5. The second kappa shape index (κ2) is 9.88. The van der Waals surface area contributed by atoms with Crippen LogP contribution in [0.3, 0.4) is 0 Å². The number of aliphatic hydroxyl groups is 1. The Labute approximate surface area is 169 Å². The number of hydrogen-bond donors (Lipinski definition) is 2. The van der Waals surface area contributed by atoms with Gasteiger partial charge in [-0.25, -0.2) is 4.98 Å². The van der Waals surface area contributed by atoms with Crippen molar-refractivity contribution in [2.45, 2.75) is 29.6 Å². The van der Waals surface area contributed by atoms with Crippen molar-refractivity contribution >= 4 is 45.9 Å². The van der Waals surface area contributed by atoms with E-state index in [2.05, 4.69) is 20.5 Å². The Morgan fingerprint density at radius 2 is 2.07 bits per heavy atom. The molecule has 142 valence electrons. The summed E-state index contributed by atoms with van der Waals surface area (Å²) in [6.45, 7) is 2.53. The summed E-state index contributed by atoms with van der Waals surface area (Å²) in [6.07, 6.45) is 1.64. The van der Waals surface area contributed by atoms with Gasteiger partial charge in [0, 0.05) is 6.54 Å². The summed E-state index contributed by atoms with van der Waals surface area (Å²) in [7, 11) is 0. The number of thioether (sulfide) groups is 2. The standard InChI is InChI=1S/C17H19N5O2S3/c1-2-25-17-21-20-15(27-17)19-14(24)11-26-16-18-8-13(10-23)22(16)9-12-6-4-3-5-7-12/h3-8,23H,2,9-11H2,1H3,(H,19,20,24). The normalized spacial score (nSPS) is 10.9. The summed E-state index contributed by atoms with van der Waals surface area (Å²) < 4.78 is 2.76. The van der Waals surface area contributed by atoms with Gasteiger partial charge in [0.2, 0.25) is 11.0 Å². The van der Waals surface area contributed by atoms with Crippen molar-refractivity contribution in [2.24, 2.45) is 0 Å². The first-order chi connectivity index (χ1) is 13.2. The number of aromatic nitrogens is 4. The number of hydrogen-bond acceptors (Lipinski definition) is 8. The molecular formula is C17H19N5O2S3. The highest BCUT2D eigenvalue weighted by atomic mass is 32.2. The zero-order valence-electron chi connectivity index (χ0n) is 14.7. The van der Waals surface area contributed by atoms with Crippen molar-refractivity contribution < 1.29 is 9.90 Å². The molecule has 0 radical (unpaired) electrons. The number of imidazole rings is 1. The average Bonchev–Trinajstić information content (AvgIpc) is 3.28. The minimum atomic E-state index is -0.163. The fraction of sp³-hybridized carbons (Fsp3) is 0.294. The molecule has 2 heterocycles. The lowest BCUT2D eigenvalue weighted by Crippen LogP contribution is -2.15. The lowest BCUT2D eigenvalue weighted by atomic mass is 10.2. The van der Waals surface area contributed by atoms with Gasteiger partial charge in [0.15, 0.2) is 9.50 Å². The van der Waals surface area contributed by atoms with Crippen LogP contribution >= 0.6 is 34.9 Å². The highest BCUT2D eigenvalue weighted by Gasteiger charge is 2.14. The zero-order chi connectivity index (χ0) is 19.1. The number of rotatable bonds is 9. The molecule has 0 aliphatic carbocycles. The van der Waals surface area contributed by atoms with Crippen LogP contribution in [0.5, 0.6) is 0 Å². The van der Waals surface area contributed by atoms with Crippen LogP contribution in [0.15, 0.2) is 46.0 Å². The third-order valence-corrected chi connectivity index (χ3v) is 6.34. The van der Waals surface area contributed by atoms with Crippen molar-refractivity contribution in [2.75, 3.05) is 16.8 Å². The number of aliphatic hydroxyl groups excluding tert-OH is 1. The molecule has 0 atom stereocenters. The second-order valence-electron chi connectivity index (χ2n) is 5.40. The Morgan fingerprint density at radius 1 is 1.26 bits per heavy atom. The van der Waals surface area contributed by atoms with Gasteiger partial charge in [-0.05, 0) is 11.3 Å². The topological polar surface area (TPSA) is 92.9 Å². The number of carbonyl (C=O) groups excluding carboxylic acids is 1. The van der Waals surface area contributed by atoms with E-state index in [1.165, 1.54) is 23.1 Å². The van der Waals surface area contributed by atoms with Crippen molar-refractivity contribution in [1.29, 1.82) is 0 Å². The molecule has 1 aromatic carbocycles. The Balaban J connectivity index is 1.61. The molecule has 2 aromatic heterocycles. The third-order valence-electron chi connectivity index (χ3n) is 3.50. The van der Waals surface area contributed by atoms with Crippen LogP contribution in [0.4, 0.5) is 5.13 Å². The van der Waals surface area contributed by atoms with E-state index in [0.29, 0.717) is 22.5 Å². The molecule has 3 rings (SSSR count). The lowest BCUT2D eigenvalue weighted by molar-refractivity contribution is -0.113. The molecule has 0 unspecified atom stereocenters. The minimum absolute atomic E-state index is 0.102. The van der Waals surface area contributed by atoms with E-state index in [1.54, 1.807) is 18.0 Å². The first-order valence-corrected chi connectivity index (χ1v) is 11.1. The number of benzene rings is 1. The van der Waals surface area contributed by atoms with Gasteiger partial charge < -0.3 is 9.67 Å². The Bertz CT molecular complexity index is 882. The monoisotopic (exact) mass is 421 g/mol. The fourth-order valence-corrected chi connectivity index (χ4v) is 4.76. The molecule has 7 nitrogen and oxygen atoms in total. The molecule has 0 fully saturated rings. The van der Waals surface area contributed by atoms with Crippen molar-refractivity contribution in [3.8, 4) is 0 Å². The lowest BCUT2D eigenvalue weighted by Gasteiger charge is -2.10. The molecule has 0 bridgehead atoms. The van der Waals surface area contributed by atoms with Gasteiger partial charge in [-0.15, -0.1) is 10.2 Å². The summed E-state index contributed by atoms with van der Waals surface area (Å²) in [4.78, 5) is 16.6. The Hall–Kier alpha value is -1.88. The number of amides is 1. The van der Waals surface area contributed by atoms with Gasteiger partial charge in [-0.2, -0.15) is 0 Å². The van der Waals surface area contributed by atoms with Gasteiger partial charge in [-0.3, -0.25) is 10.1 Å². The number of nitrogens with zero attached hydrogens (tertiary/aromatic N) is 4. The minimum Gasteiger partial charge on any atom is -0.390 e. The van der Waals surface area contributed by atoms with Gasteiger partial charge >= 0.3 is 0 Å². The average molecular weight is 422 g/mol. The van der Waals surface area contributed by atoms with E-state index in [9.17, 15) is 9.90 Å². The maximum absolute atomic E-state index is 12.2. The van der Waals surface area contributed by atoms with Crippen molar-refractivity contribution in [3.63, 3.8) is 0 Å². The summed E-state index contributed by atoms with van der Waals surface area (Å²) in [5.74, 6) is 0.950. The van der Waals surface area contributed by atoms with E-state index in [0.717, 1.165) is 15.7 Å². The van der Waals surface area contributed by atoms with E-state index in [4.69, 9.17) is 0 Å². The SMILES string of the molecule is CCSc1nnc(NC(=O)CSc2ncc(CO)n2Cc2ccccc2)s1. The first-order valence-electron chi connectivity index (χ1n) is 8.27. The number of nitrogens with one attached hydrogen (secondary N) is 1. The quantitative estimate of drug-likeness (QED) is 0.405. The Morgan fingerprint density at radius 3 is 2.81 bits per heavy atom. The maximum Gasteiger partial charge on any atom is 0.236 e. The molecule has 27 heavy (non-hydrogen) atoms.